The van der Waals surface area contributed by atoms with Crippen LogP contribution in [0.5, 0.6) is 0 Å². The normalized spacial score (nSPS) is 10.6. The Balaban J connectivity index is 1.95. The molecule has 0 saturated carbocycles. The number of hydrogen-bond donors (Lipinski definition) is 1. The summed E-state index contributed by atoms with van der Waals surface area (Å²) in [6.45, 7) is 0. The highest BCUT2D eigenvalue weighted by Crippen LogP contribution is 2.03. The summed E-state index contributed by atoms with van der Waals surface area (Å²) < 4.78 is 0. The Labute approximate surface area is 86.1 Å². The van der Waals surface area contributed by atoms with Crippen molar-refractivity contribution in [3.05, 3.63) is 46.8 Å². The number of nitrogens with one attached hydrogen (secondary N) is 1. The Hall–Kier alpha value is -1.68. The van der Waals surface area contributed by atoms with E-state index in [1.54, 1.807) is 23.7 Å². The molecule has 4 heteroatoms. The first-order chi connectivity index (χ1) is 6.95. The van der Waals surface area contributed by atoms with E-state index in [0.717, 1.165) is 11.4 Å². The third kappa shape index (κ3) is 2.40. The van der Waals surface area contributed by atoms with E-state index >= 15 is 0 Å². The van der Waals surface area contributed by atoms with E-state index in [1.165, 1.54) is 0 Å². The smallest absolute Gasteiger partial charge is 0.146 e. The average Bonchev–Trinajstić information content (AvgIpc) is 2.72. The van der Waals surface area contributed by atoms with Crippen molar-refractivity contribution >= 4 is 23.4 Å². The summed E-state index contributed by atoms with van der Waals surface area (Å²) in [6.07, 6.45) is 3.49. The zero-order valence-electron chi connectivity index (χ0n) is 7.42. The SMILES string of the molecule is C(=N\Nc1ccccn1)/c1ccsc1. The van der Waals surface area contributed by atoms with Gasteiger partial charge in [-0.25, -0.2) is 4.98 Å². The van der Waals surface area contributed by atoms with E-state index in [4.69, 9.17) is 0 Å². The number of nitrogens with zero attached hydrogens (tertiary/aromatic N) is 2. The van der Waals surface area contributed by atoms with Crippen molar-refractivity contribution in [3.63, 3.8) is 0 Å². The van der Waals surface area contributed by atoms with E-state index in [2.05, 4.69) is 15.5 Å². The van der Waals surface area contributed by atoms with Crippen molar-refractivity contribution in [2.24, 2.45) is 5.10 Å². The van der Waals surface area contributed by atoms with E-state index in [0.29, 0.717) is 0 Å². The van der Waals surface area contributed by atoms with Crippen LogP contribution in [-0.4, -0.2) is 11.2 Å². The molecule has 2 heterocycles. The van der Waals surface area contributed by atoms with E-state index in [-0.39, 0.29) is 0 Å². The maximum Gasteiger partial charge on any atom is 0.146 e. The molecule has 2 aromatic rings. The van der Waals surface area contributed by atoms with Gasteiger partial charge in [0.25, 0.3) is 0 Å². The van der Waals surface area contributed by atoms with Gasteiger partial charge < -0.3 is 0 Å². The van der Waals surface area contributed by atoms with Gasteiger partial charge in [-0.1, -0.05) is 6.07 Å². The summed E-state index contributed by atoms with van der Waals surface area (Å²) in [6, 6.07) is 7.66. The van der Waals surface area contributed by atoms with E-state index in [9.17, 15) is 0 Å². The van der Waals surface area contributed by atoms with Crippen molar-refractivity contribution in [2.75, 3.05) is 5.43 Å². The summed E-state index contributed by atoms with van der Waals surface area (Å²) in [5.74, 6) is 0.749. The van der Waals surface area contributed by atoms with Crippen LogP contribution in [0.2, 0.25) is 0 Å². The number of hydrogen-bond acceptors (Lipinski definition) is 4. The van der Waals surface area contributed by atoms with Gasteiger partial charge >= 0.3 is 0 Å². The highest BCUT2D eigenvalue weighted by atomic mass is 32.1. The predicted molar refractivity (Wildman–Crippen MR) is 59.8 cm³/mol. The molecule has 3 nitrogen and oxygen atoms in total. The van der Waals surface area contributed by atoms with Crippen LogP contribution in [0.25, 0.3) is 0 Å². The minimum Gasteiger partial charge on any atom is -0.261 e. The Morgan fingerprint density at radius 3 is 3.07 bits per heavy atom. The van der Waals surface area contributed by atoms with Crippen molar-refractivity contribution in [2.45, 2.75) is 0 Å². The van der Waals surface area contributed by atoms with Crippen molar-refractivity contribution in [3.8, 4) is 0 Å². The number of hydrazone groups is 1. The molecular formula is C10H9N3S. The summed E-state index contributed by atoms with van der Waals surface area (Å²) >= 11 is 1.65. The molecule has 0 spiro atoms. The highest BCUT2D eigenvalue weighted by Gasteiger charge is 1.87. The van der Waals surface area contributed by atoms with Gasteiger partial charge in [0.05, 0.1) is 6.21 Å². The molecule has 0 radical (unpaired) electrons. The van der Waals surface area contributed by atoms with Gasteiger partial charge in [0.15, 0.2) is 0 Å². The molecule has 2 aromatic heterocycles. The number of pyridine rings is 1. The second-order valence-corrected chi connectivity index (χ2v) is 3.42. The first-order valence-electron chi connectivity index (χ1n) is 4.17. The lowest BCUT2D eigenvalue weighted by Crippen LogP contribution is -1.91. The first kappa shape index (κ1) is 8.90. The predicted octanol–water partition coefficient (Wildman–Crippen LogP) is 2.59. The van der Waals surface area contributed by atoms with Crippen LogP contribution in [-0.2, 0) is 0 Å². The van der Waals surface area contributed by atoms with Gasteiger partial charge in [0, 0.05) is 11.8 Å². The van der Waals surface area contributed by atoms with Crippen LogP contribution in [0.1, 0.15) is 5.56 Å². The largest absolute Gasteiger partial charge is 0.261 e. The van der Waals surface area contributed by atoms with Crippen molar-refractivity contribution in [1.29, 1.82) is 0 Å². The summed E-state index contributed by atoms with van der Waals surface area (Å²) in [5, 5.41) is 8.10. The van der Waals surface area contributed by atoms with Gasteiger partial charge in [0.1, 0.15) is 5.82 Å². The van der Waals surface area contributed by atoms with Crippen LogP contribution < -0.4 is 5.43 Å². The average molecular weight is 203 g/mol. The molecule has 0 atom stereocenters. The first-order valence-corrected chi connectivity index (χ1v) is 5.12. The monoisotopic (exact) mass is 203 g/mol. The summed E-state index contributed by atoms with van der Waals surface area (Å²) in [7, 11) is 0. The summed E-state index contributed by atoms with van der Waals surface area (Å²) in [5.41, 5.74) is 3.94. The molecule has 0 amide bonds. The quantitative estimate of drug-likeness (QED) is 0.615. The molecule has 0 aliphatic carbocycles. The van der Waals surface area contributed by atoms with Crippen LogP contribution >= 0.6 is 11.3 Å². The topological polar surface area (TPSA) is 37.3 Å². The van der Waals surface area contributed by atoms with Crippen LogP contribution in [0.15, 0.2) is 46.3 Å². The fourth-order valence-electron chi connectivity index (χ4n) is 0.950. The molecule has 0 aliphatic heterocycles. The molecule has 2 rings (SSSR count). The number of aromatic nitrogens is 1. The Morgan fingerprint density at radius 1 is 1.36 bits per heavy atom. The molecule has 0 bridgehead atoms. The molecule has 0 fully saturated rings. The second-order valence-electron chi connectivity index (χ2n) is 2.64. The lowest BCUT2D eigenvalue weighted by Gasteiger charge is -1.95. The summed E-state index contributed by atoms with van der Waals surface area (Å²) in [4.78, 5) is 4.08. The molecular weight excluding hydrogens is 194 g/mol. The molecule has 0 saturated heterocycles. The fraction of sp³-hybridized carbons (Fsp3) is 0. The molecule has 0 aromatic carbocycles. The van der Waals surface area contributed by atoms with Crippen LogP contribution in [0.3, 0.4) is 0 Å². The lowest BCUT2D eigenvalue weighted by atomic mass is 10.4. The van der Waals surface area contributed by atoms with Gasteiger partial charge in [-0.2, -0.15) is 16.4 Å². The zero-order valence-corrected chi connectivity index (χ0v) is 8.24. The Kier molecular flexibility index (Phi) is 2.88. The second kappa shape index (κ2) is 4.53. The fourth-order valence-corrected chi connectivity index (χ4v) is 1.56. The van der Waals surface area contributed by atoms with Crippen molar-refractivity contribution < 1.29 is 0 Å². The molecule has 14 heavy (non-hydrogen) atoms. The molecule has 1 N–H and O–H groups in total. The third-order valence-corrected chi connectivity index (χ3v) is 2.30. The van der Waals surface area contributed by atoms with Gasteiger partial charge in [-0.15, -0.1) is 0 Å². The van der Waals surface area contributed by atoms with Crippen LogP contribution in [0, 0.1) is 0 Å². The Morgan fingerprint density at radius 2 is 2.36 bits per heavy atom. The zero-order chi connectivity index (χ0) is 9.64. The number of anilines is 1. The van der Waals surface area contributed by atoms with E-state index < -0.39 is 0 Å². The minimum atomic E-state index is 0.749. The molecule has 0 aliphatic rings. The van der Waals surface area contributed by atoms with Gasteiger partial charge in [-0.3, -0.25) is 5.43 Å². The maximum absolute atomic E-state index is 4.08. The molecule has 0 unspecified atom stereocenters. The van der Waals surface area contributed by atoms with Gasteiger partial charge in [0.2, 0.25) is 0 Å². The highest BCUT2D eigenvalue weighted by molar-refractivity contribution is 7.08. The third-order valence-electron chi connectivity index (χ3n) is 1.60. The number of rotatable bonds is 3. The Bertz CT molecular complexity index is 395. The van der Waals surface area contributed by atoms with Crippen LogP contribution in [0.4, 0.5) is 5.82 Å². The number of thiophene rings is 1. The van der Waals surface area contributed by atoms with Crippen molar-refractivity contribution in [1.82, 2.24) is 4.98 Å². The van der Waals surface area contributed by atoms with Gasteiger partial charge in [-0.05, 0) is 29.0 Å². The minimum absolute atomic E-state index is 0.749. The molecule has 70 valence electrons. The van der Waals surface area contributed by atoms with E-state index in [1.807, 2.05) is 35.0 Å². The maximum atomic E-state index is 4.08. The standard InChI is InChI=1S/C10H9N3S/c1-2-5-11-10(3-1)13-12-7-9-4-6-14-8-9/h1-8H,(H,11,13)/b12-7+. The lowest BCUT2D eigenvalue weighted by molar-refractivity contribution is 1.23.